The second kappa shape index (κ2) is 8.73. The molecule has 22 heavy (non-hydrogen) atoms. The summed E-state index contributed by atoms with van der Waals surface area (Å²) in [5.41, 5.74) is -0.865. The molecule has 0 aliphatic heterocycles. The normalized spacial score (nSPS) is 12.4. The number of ether oxygens (including phenoxy) is 1. The summed E-state index contributed by atoms with van der Waals surface area (Å²) >= 11 is 0. The van der Waals surface area contributed by atoms with Crippen LogP contribution in [0.25, 0.3) is 0 Å². The van der Waals surface area contributed by atoms with Gasteiger partial charge in [0.25, 0.3) is 0 Å². The Morgan fingerprint density at radius 3 is 2.50 bits per heavy atom. The van der Waals surface area contributed by atoms with Crippen LogP contribution in [0.4, 0.5) is 5.95 Å². The molecule has 0 fully saturated rings. The molecule has 0 aliphatic carbocycles. The van der Waals surface area contributed by atoms with E-state index in [9.17, 15) is 9.59 Å². The van der Waals surface area contributed by atoms with E-state index in [1.54, 1.807) is 7.05 Å². The van der Waals surface area contributed by atoms with E-state index in [1.165, 1.54) is 4.57 Å². The zero-order valence-corrected chi connectivity index (χ0v) is 14.3. The van der Waals surface area contributed by atoms with Crippen molar-refractivity contribution in [2.75, 3.05) is 25.1 Å². The maximum Gasteiger partial charge on any atom is 0.355 e. The number of anilines is 1. The summed E-state index contributed by atoms with van der Waals surface area (Å²) in [6.07, 6.45) is 2.61. The molecule has 0 amide bonds. The third-order valence-corrected chi connectivity index (χ3v) is 3.68. The molecule has 126 valence electrons. The van der Waals surface area contributed by atoms with Crippen LogP contribution in [0.3, 0.4) is 0 Å². The van der Waals surface area contributed by atoms with Crippen LogP contribution >= 0.6 is 0 Å². The highest BCUT2D eigenvalue weighted by atomic mass is 16.5. The molecule has 7 nitrogen and oxygen atoms in total. The Balaban J connectivity index is 3.11. The first-order valence-electron chi connectivity index (χ1n) is 7.96. The fourth-order valence-electron chi connectivity index (χ4n) is 2.30. The lowest BCUT2D eigenvalue weighted by molar-refractivity contribution is 0.0458. The molecule has 7 heteroatoms. The topological polar surface area (TPSA) is 69.4 Å². The molecule has 0 saturated carbocycles. The predicted molar refractivity (Wildman–Crippen MR) is 87.6 cm³/mol. The van der Waals surface area contributed by atoms with E-state index in [4.69, 9.17) is 4.74 Å². The summed E-state index contributed by atoms with van der Waals surface area (Å²) in [4.78, 5) is 30.6. The Labute approximate surface area is 131 Å². The minimum Gasteiger partial charge on any atom is -0.377 e. The first-order valence-corrected chi connectivity index (χ1v) is 7.96. The number of hydrogen-bond donors (Lipinski definition) is 0. The Morgan fingerprint density at radius 2 is 1.95 bits per heavy atom. The zero-order valence-electron chi connectivity index (χ0n) is 14.3. The van der Waals surface area contributed by atoms with E-state index in [0.717, 1.165) is 30.4 Å². The van der Waals surface area contributed by atoms with E-state index < -0.39 is 5.69 Å². The SMILES string of the molecule is CCCCN(C)c1nc(=O)n(CC(CC)OCC)c(=O)n1C. The third kappa shape index (κ3) is 4.43. The van der Waals surface area contributed by atoms with Crippen molar-refractivity contribution in [3.8, 4) is 0 Å². The molecule has 0 bridgehead atoms. The summed E-state index contributed by atoms with van der Waals surface area (Å²) < 4.78 is 8.11. The lowest BCUT2D eigenvalue weighted by atomic mass is 10.3. The smallest absolute Gasteiger partial charge is 0.355 e. The minimum atomic E-state index is -0.514. The molecule has 1 rings (SSSR count). The van der Waals surface area contributed by atoms with Crippen molar-refractivity contribution in [3.05, 3.63) is 21.0 Å². The second-order valence-corrected chi connectivity index (χ2v) is 5.41. The van der Waals surface area contributed by atoms with Crippen LogP contribution in [0.2, 0.25) is 0 Å². The van der Waals surface area contributed by atoms with Crippen LogP contribution in [0, 0.1) is 0 Å². The van der Waals surface area contributed by atoms with E-state index in [1.807, 2.05) is 25.8 Å². The monoisotopic (exact) mass is 312 g/mol. The molecule has 0 aliphatic rings. The second-order valence-electron chi connectivity index (χ2n) is 5.41. The van der Waals surface area contributed by atoms with Gasteiger partial charge in [-0.15, -0.1) is 0 Å². The van der Waals surface area contributed by atoms with Crippen molar-refractivity contribution in [2.45, 2.75) is 52.7 Å². The van der Waals surface area contributed by atoms with Crippen molar-refractivity contribution in [2.24, 2.45) is 7.05 Å². The van der Waals surface area contributed by atoms with Gasteiger partial charge in [-0.2, -0.15) is 4.98 Å². The van der Waals surface area contributed by atoms with Crippen molar-refractivity contribution in [3.63, 3.8) is 0 Å². The molecular weight excluding hydrogens is 284 g/mol. The highest BCUT2D eigenvalue weighted by molar-refractivity contribution is 5.27. The maximum atomic E-state index is 12.4. The van der Waals surface area contributed by atoms with Gasteiger partial charge in [0.15, 0.2) is 0 Å². The van der Waals surface area contributed by atoms with E-state index in [-0.39, 0.29) is 18.3 Å². The Morgan fingerprint density at radius 1 is 1.27 bits per heavy atom. The summed E-state index contributed by atoms with van der Waals surface area (Å²) in [7, 11) is 3.49. The van der Waals surface area contributed by atoms with Crippen LogP contribution in [0.5, 0.6) is 0 Å². The molecule has 0 spiro atoms. The van der Waals surface area contributed by atoms with Gasteiger partial charge in [-0.3, -0.25) is 4.57 Å². The maximum absolute atomic E-state index is 12.4. The molecule has 1 aromatic heterocycles. The standard InChI is InChI=1S/C15H28N4O3/c1-6-9-10-17(4)13-16-14(20)19(15(21)18(13)5)11-12(7-2)22-8-3/h12H,6-11H2,1-5H3. The predicted octanol–water partition coefficient (Wildman–Crippen LogP) is 0.993. The van der Waals surface area contributed by atoms with Gasteiger partial charge in [0, 0.05) is 27.2 Å². The van der Waals surface area contributed by atoms with Gasteiger partial charge < -0.3 is 9.64 Å². The Hall–Kier alpha value is -1.63. The molecule has 0 saturated heterocycles. The molecule has 1 heterocycles. The summed E-state index contributed by atoms with van der Waals surface area (Å²) in [5, 5.41) is 0. The van der Waals surface area contributed by atoms with Gasteiger partial charge in [0.05, 0.1) is 12.6 Å². The number of nitrogens with zero attached hydrogens (tertiary/aromatic N) is 4. The van der Waals surface area contributed by atoms with Crippen molar-refractivity contribution < 1.29 is 4.74 Å². The molecular formula is C15H28N4O3. The van der Waals surface area contributed by atoms with Gasteiger partial charge in [-0.05, 0) is 19.8 Å². The van der Waals surface area contributed by atoms with E-state index in [2.05, 4.69) is 11.9 Å². The lowest BCUT2D eigenvalue weighted by Gasteiger charge is -2.21. The van der Waals surface area contributed by atoms with Crippen molar-refractivity contribution in [1.29, 1.82) is 0 Å². The first-order chi connectivity index (χ1) is 10.5. The average Bonchev–Trinajstić information content (AvgIpc) is 2.51. The van der Waals surface area contributed by atoms with Gasteiger partial charge in [-0.1, -0.05) is 20.3 Å². The highest BCUT2D eigenvalue weighted by Crippen LogP contribution is 2.05. The number of rotatable bonds is 9. The average molecular weight is 312 g/mol. The first kappa shape index (κ1) is 18.4. The van der Waals surface area contributed by atoms with E-state index >= 15 is 0 Å². The fraction of sp³-hybridized carbons (Fsp3) is 0.800. The summed E-state index contributed by atoms with van der Waals surface area (Å²) in [6, 6.07) is 0. The zero-order chi connectivity index (χ0) is 16.7. The van der Waals surface area contributed by atoms with Crippen LogP contribution in [0.15, 0.2) is 9.59 Å². The third-order valence-electron chi connectivity index (χ3n) is 3.68. The lowest BCUT2D eigenvalue weighted by Crippen LogP contribution is -2.45. The van der Waals surface area contributed by atoms with Gasteiger partial charge in [-0.25, -0.2) is 14.2 Å². The number of aromatic nitrogens is 3. The van der Waals surface area contributed by atoms with Crippen LogP contribution in [-0.4, -0.2) is 40.4 Å². The van der Waals surface area contributed by atoms with Crippen LogP contribution in [0.1, 0.15) is 40.0 Å². The van der Waals surface area contributed by atoms with Crippen molar-refractivity contribution >= 4 is 5.95 Å². The number of unbranched alkanes of at least 4 members (excludes halogenated alkanes) is 1. The van der Waals surface area contributed by atoms with Gasteiger partial charge in [0.1, 0.15) is 0 Å². The van der Waals surface area contributed by atoms with Crippen molar-refractivity contribution in [1.82, 2.24) is 14.1 Å². The Kier molecular flexibility index (Phi) is 7.31. The number of hydrogen-bond acceptors (Lipinski definition) is 5. The molecule has 0 N–H and O–H groups in total. The fourth-order valence-corrected chi connectivity index (χ4v) is 2.30. The van der Waals surface area contributed by atoms with Gasteiger partial charge in [0.2, 0.25) is 5.95 Å². The molecule has 1 unspecified atom stereocenters. The summed E-state index contributed by atoms with van der Waals surface area (Å²) in [6.45, 7) is 7.51. The Bertz CT molecular complexity index is 579. The molecule has 0 aromatic carbocycles. The minimum absolute atomic E-state index is 0.152. The van der Waals surface area contributed by atoms with Gasteiger partial charge >= 0.3 is 11.4 Å². The quantitative estimate of drug-likeness (QED) is 0.680. The molecule has 0 radical (unpaired) electrons. The summed E-state index contributed by atoms with van der Waals surface area (Å²) in [5.74, 6) is 0.407. The highest BCUT2D eigenvalue weighted by Gasteiger charge is 2.16. The largest absolute Gasteiger partial charge is 0.377 e. The van der Waals surface area contributed by atoms with Crippen LogP contribution < -0.4 is 16.3 Å². The van der Waals surface area contributed by atoms with E-state index in [0.29, 0.717) is 12.6 Å². The van der Waals surface area contributed by atoms with Crippen LogP contribution in [-0.2, 0) is 18.3 Å². The molecule has 1 aromatic rings. The molecule has 1 atom stereocenters.